The van der Waals surface area contributed by atoms with Crippen molar-refractivity contribution >= 4 is 0 Å². The Bertz CT molecular complexity index is 778. The van der Waals surface area contributed by atoms with Crippen LogP contribution in [-0.2, 0) is 5.41 Å². The molecule has 0 amide bonds. The summed E-state index contributed by atoms with van der Waals surface area (Å²) in [5, 5.41) is 0. The number of hydrogen-bond donors (Lipinski definition) is 0. The monoisotopic (exact) mass is 444 g/mol. The summed E-state index contributed by atoms with van der Waals surface area (Å²) >= 11 is 0. The van der Waals surface area contributed by atoms with Crippen LogP contribution in [0.4, 0.5) is 0 Å². The molecule has 33 heavy (non-hydrogen) atoms. The van der Waals surface area contributed by atoms with Crippen LogP contribution in [-0.4, -0.2) is 0 Å². The van der Waals surface area contributed by atoms with Crippen LogP contribution in [0.2, 0.25) is 0 Å². The molecule has 3 rings (SSSR count). The van der Waals surface area contributed by atoms with Crippen LogP contribution in [0.25, 0.3) is 0 Å². The second-order valence-corrected chi connectivity index (χ2v) is 13.1. The quantitative estimate of drug-likeness (QED) is 0.352. The summed E-state index contributed by atoms with van der Waals surface area (Å²) in [6, 6.07) is 32.6. The molecular formula is C33H48. The lowest BCUT2D eigenvalue weighted by Gasteiger charge is -2.46. The molecule has 0 atom stereocenters. The van der Waals surface area contributed by atoms with E-state index in [1.165, 1.54) is 16.7 Å². The normalized spacial score (nSPS) is 12.1. The molecule has 0 spiro atoms. The standard InChI is InChI=1S/C23H24.2C5H12/c1-22(2,3)23(19-13-7-4-8-14-19,20-15-9-5-10-16-20)21-17-11-6-12-18-21;2*1-5(2,3)4/h4-18H,1-3H3;2*1-4H3. The summed E-state index contributed by atoms with van der Waals surface area (Å²) in [5.74, 6) is 0. The van der Waals surface area contributed by atoms with Crippen molar-refractivity contribution in [2.45, 2.75) is 81.6 Å². The van der Waals surface area contributed by atoms with Crippen molar-refractivity contribution in [1.82, 2.24) is 0 Å². The van der Waals surface area contributed by atoms with E-state index in [1.807, 2.05) is 0 Å². The van der Waals surface area contributed by atoms with Gasteiger partial charge in [-0.1, -0.05) is 167 Å². The predicted molar refractivity (Wildman–Crippen MR) is 149 cm³/mol. The highest BCUT2D eigenvalue weighted by molar-refractivity contribution is 5.52. The first-order valence-corrected chi connectivity index (χ1v) is 12.2. The molecule has 0 heterocycles. The lowest BCUT2D eigenvalue weighted by Crippen LogP contribution is -2.42. The zero-order valence-electron chi connectivity index (χ0n) is 23.2. The lowest BCUT2D eigenvalue weighted by molar-refractivity contribution is 0.272. The highest BCUT2D eigenvalue weighted by Crippen LogP contribution is 2.51. The van der Waals surface area contributed by atoms with Crippen molar-refractivity contribution in [2.24, 2.45) is 16.2 Å². The Balaban J connectivity index is 0.000000460. The van der Waals surface area contributed by atoms with Crippen LogP contribution < -0.4 is 0 Å². The van der Waals surface area contributed by atoms with Crippen LogP contribution in [0.15, 0.2) is 91.0 Å². The fourth-order valence-electron chi connectivity index (χ4n) is 3.86. The molecular weight excluding hydrogens is 396 g/mol. The van der Waals surface area contributed by atoms with E-state index >= 15 is 0 Å². The number of benzene rings is 3. The molecule has 0 heteroatoms. The second kappa shape index (κ2) is 11.7. The molecule has 0 saturated carbocycles. The van der Waals surface area contributed by atoms with Crippen molar-refractivity contribution in [1.29, 1.82) is 0 Å². The minimum absolute atomic E-state index is 0.0249. The van der Waals surface area contributed by atoms with E-state index in [4.69, 9.17) is 0 Å². The van der Waals surface area contributed by atoms with Crippen LogP contribution in [0.3, 0.4) is 0 Å². The van der Waals surface area contributed by atoms with Gasteiger partial charge in [0.1, 0.15) is 0 Å². The first kappa shape index (κ1) is 28.7. The maximum Gasteiger partial charge on any atom is 0.0499 e. The van der Waals surface area contributed by atoms with Crippen molar-refractivity contribution in [2.75, 3.05) is 0 Å². The summed E-state index contributed by atoms with van der Waals surface area (Å²) in [4.78, 5) is 0. The molecule has 0 radical (unpaired) electrons. The predicted octanol–water partition coefficient (Wildman–Crippen LogP) is 10.2. The topological polar surface area (TPSA) is 0 Å². The summed E-state index contributed by atoms with van der Waals surface area (Å²) in [7, 11) is 0. The van der Waals surface area contributed by atoms with Crippen molar-refractivity contribution in [3.05, 3.63) is 108 Å². The summed E-state index contributed by atoms with van der Waals surface area (Å²) in [5.41, 5.74) is 4.85. The van der Waals surface area contributed by atoms with Gasteiger partial charge in [0, 0.05) is 5.41 Å². The van der Waals surface area contributed by atoms with E-state index in [9.17, 15) is 0 Å². The highest BCUT2D eigenvalue weighted by Gasteiger charge is 2.46. The van der Waals surface area contributed by atoms with E-state index in [0.717, 1.165) is 0 Å². The van der Waals surface area contributed by atoms with Gasteiger partial charge in [0.05, 0.1) is 0 Å². The first-order valence-electron chi connectivity index (χ1n) is 12.2. The van der Waals surface area contributed by atoms with Gasteiger partial charge >= 0.3 is 0 Å². The summed E-state index contributed by atoms with van der Waals surface area (Å²) in [6.07, 6.45) is 0. The Morgan fingerprint density at radius 3 is 0.667 bits per heavy atom. The van der Waals surface area contributed by atoms with Crippen LogP contribution >= 0.6 is 0 Å². The van der Waals surface area contributed by atoms with Gasteiger partial charge in [0.15, 0.2) is 0 Å². The second-order valence-electron chi connectivity index (χ2n) is 13.1. The zero-order valence-corrected chi connectivity index (χ0v) is 23.2. The number of hydrogen-bond acceptors (Lipinski definition) is 0. The molecule has 0 nitrogen and oxygen atoms in total. The first-order chi connectivity index (χ1) is 15.1. The molecule has 0 fully saturated rings. The average molecular weight is 445 g/mol. The van der Waals surface area contributed by atoms with Crippen LogP contribution in [0.1, 0.15) is 92.9 Å². The van der Waals surface area contributed by atoms with Gasteiger partial charge in [0.2, 0.25) is 0 Å². The van der Waals surface area contributed by atoms with Gasteiger partial charge in [-0.2, -0.15) is 0 Å². The van der Waals surface area contributed by atoms with E-state index in [0.29, 0.717) is 10.8 Å². The maximum atomic E-state index is 2.33. The smallest absolute Gasteiger partial charge is 0.0499 e. The molecule has 0 saturated heterocycles. The van der Waals surface area contributed by atoms with E-state index in [1.54, 1.807) is 0 Å². The molecule has 0 aliphatic carbocycles. The largest absolute Gasteiger partial charge is 0.0622 e. The minimum atomic E-state index is -0.184. The fraction of sp³-hybridized carbons (Fsp3) is 0.455. The Morgan fingerprint density at radius 1 is 0.333 bits per heavy atom. The van der Waals surface area contributed by atoms with Crippen molar-refractivity contribution < 1.29 is 0 Å². The molecule has 0 unspecified atom stereocenters. The third-order valence-corrected chi connectivity index (χ3v) is 4.75. The summed E-state index contributed by atoms with van der Waals surface area (Å²) in [6.45, 7) is 24.5. The van der Waals surface area contributed by atoms with Crippen LogP contribution in [0, 0.1) is 16.2 Å². The Hall–Kier alpha value is -2.34. The lowest BCUT2D eigenvalue weighted by atomic mass is 9.56. The molecule has 0 aromatic heterocycles. The van der Waals surface area contributed by atoms with Gasteiger partial charge in [-0.25, -0.2) is 0 Å². The zero-order chi connectivity index (χ0) is 25.3. The fourth-order valence-corrected chi connectivity index (χ4v) is 3.86. The summed E-state index contributed by atoms with van der Waals surface area (Å²) < 4.78 is 0. The molecule has 0 aliphatic heterocycles. The highest BCUT2D eigenvalue weighted by atomic mass is 14.5. The third-order valence-electron chi connectivity index (χ3n) is 4.75. The molecule has 0 N–H and O–H groups in total. The number of rotatable bonds is 3. The average Bonchev–Trinajstić information content (AvgIpc) is 2.67. The molecule has 3 aromatic carbocycles. The van der Waals surface area contributed by atoms with Gasteiger partial charge in [-0.05, 0) is 32.9 Å². The van der Waals surface area contributed by atoms with Gasteiger partial charge in [0.25, 0.3) is 0 Å². The SMILES string of the molecule is CC(C)(C)C.CC(C)(C)C.CC(C)(C)C(c1ccccc1)(c1ccccc1)c1ccccc1. The molecule has 0 bridgehead atoms. The Kier molecular flexibility index (Phi) is 10.2. The molecule has 3 aromatic rings. The van der Waals surface area contributed by atoms with E-state index in [-0.39, 0.29) is 10.8 Å². The van der Waals surface area contributed by atoms with E-state index < -0.39 is 0 Å². The van der Waals surface area contributed by atoms with Crippen LogP contribution in [0.5, 0.6) is 0 Å². The third kappa shape index (κ3) is 9.58. The van der Waals surface area contributed by atoms with Gasteiger partial charge < -0.3 is 0 Å². The van der Waals surface area contributed by atoms with E-state index in [2.05, 4.69) is 167 Å². The van der Waals surface area contributed by atoms with Crippen molar-refractivity contribution in [3.63, 3.8) is 0 Å². The minimum Gasteiger partial charge on any atom is -0.0622 e. The van der Waals surface area contributed by atoms with Gasteiger partial charge in [-0.15, -0.1) is 0 Å². The Labute approximate surface area is 205 Å². The Morgan fingerprint density at radius 2 is 0.515 bits per heavy atom. The maximum absolute atomic E-state index is 2.33. The van der Waals surface area contributed by atoms with Crippen molar-refractivity contribution in [3.8, 4) is 0 Å². The molecule has 180 valence electrons. The molecule has 0 aliphatic rings. The van der Waals surface area contributed by atoms with Gasteiger partial charge in [-0.3, -0.25) is 0 Å².